The van der Waals surface area contributed by atoms with Crippen molar-refractivity contribution in [1.29, 1.82) is 0 Å². The minimum absolute atomic E-state index is 1.49. The largest absolute Gasteiger partial charge is 0.355 e. The van der Waals surface area contributed by atoms with E-state index >= 15 is 0 Å². The third-order valence-electron chi connectivity index (χ3n) is 7.79. The summed E-state index contributed by atoms with van der Waals surface area (Å²) in [5.41, 5.74) is 0. The Balaban J connectivity index is 3.72. The van der Waals surface area contributed by atoms with E-state index in [1.165, 1.54) is 0 Å². The van der Waals surface area contributed by atoms with E-state index in [-0.39, 0.29) is 0 Å². The molecule has 0 unspecified atom stereocenters. The lowest BCUT2D eigenvalue weighted by molar-refractivity contribution is 1.60. The Bertz CT molecular complexity index is 257. The van der Waals surface area contributed by atoms with Gasteiger partial charge in [-0.3, -0.25) is 0 Å². The first-order chi connectivity index (χ1) is 7.50. The standard InChI is InChI=1S/C9H33N3Si6/c1-13(2)16(7,10)14(3,4)18(9,12)15(5,6)17(13,8)11/h10-12H2,1-9H3. The molecule has 9 heteroatoms. The molecule has 0 spiro atoms. The normalized spacial score (nSPS) is 50.0. The predicted molar refractivity (Wildman–Crippen MR) is 99.9 cm³/mol. The SMILES string of the molecule is C[Si]1(C)[Si](C)(N)[Si](C)(C)[Si](C)(N)[Si](C)(C)[Si]1(C)N. The van der Waals surface area contributed by atoms with Crippen molar-refractivity contribution in [3.05, 3.63) is 0 Å². The van der Waals surface area contributed by atoms with E-state index in [1.807, 2.05) is 0 Å². The highest BCUT2D eigenvalue weighted by atomic mass is 30.2. The Kier molecular flexibility index (Phi) is 3.72. The Morgan fingerprint density at radius 1 is 0.389 bits per heavy atom. The third-order valence-corrected chi connectivity index (χ3v) is 145. The van der Waals surface area contributed by atoms with Crippen LogP contribution in [0.25, 0.3) is 0 Å². The molecule has 0 aromatic rings. The summed E-state index contributed by atoms with van der Waals surface area (Å²) in [4.78, 5) is 0. The lowest BCUT2D eigenvalue weighted by Gasteiger charge is -2.70. The van der Waals surface area contributed by atoms with Crippen molar-refractivity contribution in [3.8, 4) is 0 Å². The van der Waals surface area contributed by atoms with Crippen LogP contribution in [0.1, 0.15) is 0 Å². The minimum atomic E-state index is -1.72. The maximum atomic E-state index is 7.10. The van der Waals surface area contributed by atoms with Gasteiger partial charge in [-0.25, -0.2) is 0 Å². The van der Waals surface area contributed by atoms with Gasteiger partial charge in [0.05, 0.1) is 43.1 Å². The van der Waals surface area contributed by atoms with E-state index < -0.39 is 43.1 Å². The summed E-state index contributed by atoms with van der Waals surface area (Å²) in [6.45, 7) is 22.5. The Morgan fingerprint density at radius 3 is 0.611 bits per heavy atom. The molecule has 1 fully saturated rings. The van der Waals surface area contributed by atoms with E-state index in [0.717, 1.165) is 0 Å². The van der Waals surface area contributed by atoms with E-state index in [0.29, 0.717) is 0 Å². The molecule has 1 saturated heterocycles. The molecule has 3 nitrogen and oxygen atoms in total. The number of hydrogen-bond acceptors (Lipinski definition) is 3. The zero-order chi connectivity index (χ0) is 15.0. The van der Waals surface area contributed by atoms with Crippen LogP contribution in [0.5, 0.6) is 0 Å². The zero-order valence-electron chi connectivity index (χ0n) is 13.7. The van der Waals surface area contributed by atoms with Crippen LogP contribution in [-0.4, -0.2) is 43.1 Å². The minimum Gasteiger partial charge on any atom is -0.355 e. The topological polar surface area (TPSA) is 78.1 Å². The smallest absolute Gasteiger partial charge is 0.0977 e. The Labute approximate surface area is 118 Å². The maximum Gasteiger partial charge on any atom is 0.0977 e. The number of hydrogen-bond donors (Lipinski definition) is 3. The van der Waals surface area contributed by atoms with Crippen LogP contribution in [0.4, 0.5) is 0 Å². The molecule has 0 aromatic heterocycles. The molecule has 0 amide bonds. The summed E-state index contributed by atoms with van der Waals surface area (Å²) in [7, 11) is -9.64. The van der Waals surface area contributed by atoms with Gasteiger partial charge in [0.15, 0.2) is 0 Å². The molecule has 0 radical (unpaired) electrons. The summed E-state index contributed by atoms with van der Waals surface area (Å²) in [6.07, 6.45) is 0. The van der Waals surface area contributed by atoms with Gasteiger partial charge in [-0.15, -0.1) is 0 Å². The molecule has 1 heterocycles. The highest BCUT2D eigenvalue weighted by Crippen LogP contribution is 2.45. The molecule has 0 saturated carbocycles. The van der Waals surface area contributed by atoms with Crippen molar-refractivity contribution < 1.29 is 0 Å². The first-order valence-corrected chi connectivity index (χ1v) is 29.6. The maximum absolute atomic E-state index is 7.10. The lowest BCUT2D eigenvalue weighted by Crippen LogP contribution is -3.08. The molecule has 1 aliphatic rings. The van der Waals surface area contributed by atoms with Gasteiger partial charge >= 0.3 is 0 Å². The van der Waals surface area contributed by atoms with Crippen molar-refractivity contribution >= 4 is 43.1 Å². The second-order valence-corrected chi connectivity index (χ2v) is 75.6. The quantitative estimate of drug-likeness (QED) is 0.574. The van der Waals surface area contributed by atoms with Crippen LogP contribution in [0.3, 0.4) is 0 Å². The van der Waals surface area contributed by atoms with E-state index in [4.69, 9.17) is 16.2 Å². The van der Waals surface area contributed by atoms with Crippen LogP contribution >= 0.6 is 0 Å². The van der Waals surface area contributed by atoms with Crippen LogP contribution in [0.2, 0.25) is 58.9 Å². The zero-order valence-corrected chi connectivity index (χ0v) is 19.7. The molecule has 108 valence electrons. The average Bonchev–Trinajstić information content (AvgIpc) is 2.14. The van der Waals surface area contributed by atoms with Crippen LogP contribution < -0.4 is 16.2 Å². The molecule has 6 N–H and O–H groups in total. The van der Waals surface area contributed by atoms with Crippen molar-refractivity contribution in [3.63, 3.8) is 0 Å². The van der Waals surface area contributed by atoms with Crippen molar-refractivity contribution in [1.82, 2.24) is 0 Å². The van der Waals surface area contributed by atoms with E-state index in [1.54, 1.807) is 0 Å². The summed E-state index contributed by atoms with van der Waals surface area (Å²) in [6, 6.07) is 0. The third kappa shape index (κ3) is 1.48. The highest BCUT2D eigenvalue weighted by molar-refractivity contribution is 8.12. The van der Waals surface area contributed by atoms with Crippen molar-refractivity contribution in [2.24, 2.45) is 16.2 Å². The molecule has 0 atom stereocenters. The van der Waals surface area contributed by atoms with Crippen LogP contribution in [-0.2, 0) is 0 Å². The van der Waals surface area contributed by atoms with E-state index in [2.05, 4.69) is 58.9 Å². The monoisotopic (exact) mass is 351 g/mol. The average molecular weight is 352 g/mol. The van der Waals surface area contributed by atoms with Crippen LogP contribution in [0, 0.1) is 0 Å². The fraction of sp³-hybridized carbons (Fsp3) is 1.00. The summed E-state index contributed by atoms with van der Waals surface area (Å²) in [5, 5.41) is 21.3. The van der Waals surface area contributed by atoms with Gasteiger partial charge in [-0.2, -0.15) is 0 Å². The first kappa shape index (κ1) is 17.2. The highest BCUT2D eigenvalue weighted by Gasteiger charge is 2.78. The second-order valence-electron chi connectivity index (χ2n) is 8.48. The molecule has 0 bridgehead atoms. The summed E-state index contributed by atoms with van der Waals surface area (Å²) < 4.78 is 0. The number of rotatable bonds is 0. The first-order valence-electron chi connectivity index (χ1n) is 6.87. The van der Waals surface area contributed by atoms with Gasteiger partial charge in [0.25, 0.3) is 0 Å². The van der Waals surface area contributed by atoms with Gasteiger partial charge < -0.3 is 16.2 Å². The van der Waals surface area contributed by atoms with Crippen LogP contribution in [0.15, 0.2) is 0 Å². The van der Waals surface area contributed by atoms with Crippen molar-refractivity contribution in [2.75, 3.05) is 0 Å². The Morgan fingerprint density at radius 2 is 0.500 bits per heavy atom. The van der Waals surface area contributed by atoms with Gasteiger partial charge in [0.2, 0.25) is 0 Å². The lowest BCUT2D eigenvalue weighted by atomic mass is 11.9. The molecule has 18 heavy (non-hydrogen) atoms. The summed E-state index contributed by atoms with van der Waals surface area (Å²) >= 11 is 0. The predicted octanol–water partition coefficient (Wildman–Crippen LogP) is 1.20. The van der Waals surface area contributed by atoms with Gasteiger partial charge in [-0.1, -0.05) is 58.9 Å². The molecular formula is C9H33N3Si6. The molecule has 1 rings (SSSR count). The molecule has 0 aromatic carbocycles. The second kappa shape index (κ2) is 3.88. The number of nitrogens with two attached hydrogens (primary N) is 3. The van der Waals surface area contributed by atoms with Gasteiger partial charge in [0, 0.05) is 0 Å². The van der Waals surface area contributed by atoms with Crippen molar-refractivity contribution in [2.45, 2.75) is 58.9 Å². The molecule has 0 aliphatic carbocycles. The Hall–Kier alpha value is 1.18. The fourth-order valence-electron chi connectivity index (χ4n) is 3.96. The summed E-state index contributed by atoms with van der Waals surface area (Å²) in [5.74, 6) is 0. The van der Waals surface area contributed by atoms with E-state index in [9.17, 15) is 0 Å². The molecular weight excluding hydrogens is 319 g/mol. The fourth-order valence-corrected chi connectivity index (χ4v) is 220. The van der Waals surface area contributed by atoms with Gasteiger partial charge in [0.1, 0.15) is 0 Å². The molecule has 1 aliphatic heterocycles. The van der Waals surface area contributed by atoms with Gasteiger partial charge in [-0.05, 0) is 0 Å².